The second kappa shape index (κ2) is 15.8. The Hall–Kier alpha value is -0.0400. The van der Waals surface area contributed by atoms with E-state index in [9.17, 15) is 0 Å². The van der Waals surface area contributed by atoms with Gasteiger partial charge in [0.1, 0.15) is 0 Å². The van der Waals surface area contributed by atoms with E-state index in [1.807, 2.05) is 0 Å². The van der Waals surface area contributed by atoms with Gasteiger partial charge >= 0.3 is 0 Å². The fourth-order valence-electron chi connectivity index (χ4n) is 5.62. The third kappa shape index (κ3) is 10.7. The smallest absolute Gasteiger partial charge is 0.0575 e. The molecule has 0 atom stereocenters. The lowest BCUT2D eigenvalue weighted by Gasteiger charge is -2.32. The van der Waals surface area contributed by atoms with Crippen LogP contribution in [0.2, 0.25) is 0 Å². The van der Waals surface area contributed by atoms with Crippen molar-refractivity contribution in [2.75, 3.05) is 6.61 Å². The first kappa shape index (κ1) is 24.2. The van der Waals surface area contributed by atoms with E-state index < -0.39 is 0 Å². The standard InChI is InChI=1S/C27H52O/c1-3-5-7-9-11-13-24-15-17-26(18-16-24)23-28-27-21-19-25(20-22-27)14-12-10-8-6-4-2/h24-27H,3-23H2,1-2H3. The van der Waals surface area contributed by atoms with Crippen molar-refractivity contribution < 1.29 is 4.74 Å². The Morgan fingerprint density at radius 3 is 1.43 bits per heavy atom. The van der Waals surface area contributed by atoms with Crippen LogP contribution in [0.5, 0.6) is 0 Å². The van der Waals surface area contributed by atoms with E-state index in [-0.39, 0.29) is 0 Å². The summed E-state index contributed by atoms with van der Waals surface area (Å²) in [6.07, 6.45) is 29.4. The van der Waals surface area contributed by atoms with Crippen LogP contribution in [-0.4, -0.2) is 12.7 Å². The highest BCUT2D eigenvalue weighted by Gasteiger charge is 2.25. The molecule has 28 heavy (non-hydrogen) atoms. The van der Waals surface area contributed by atoms with Crippen molar-refractivity contribution in [3.8, 4) is 0 Å². The molecule has 2 rings (SSSR count). The molecule has 0 aromatic rings. The predicted octanol–water partition coefficient (Wildman–Crippen LogP) is 9.09. The van der Waals surface area contributed by atoms with Gasteiger partial charge in [-0.25, -0.2) is 0 Å². The molecule has 0 N–H and O–H groups in total. The molecule has 0 aliphatic heterocycles. The highest BCUT2D eigenvalue weighted by molar-refractivity contribution is 4.76. The summed E-state index contributed by atoms with van der Waals surface area (Å²) in [4.78, 5) is 0. The van der Waals surface area contributed by atoms with Gasteiger partial charge in [0.05, 0.1) is 6.10 Å². The van der Waals surface area contributed by atoms with Crippen LogP contribution in [0.3, 0.4) is 0 Å². The second-order valence-electron chi connectivity index (χ2n) is 10.3. The molecule has 2 fully saturated rings. The second-order valence-corrected chi connectivity index (χ2v) is 10.3. The van der Waals surface area contributed by atoms with Crippen molar-refractivity contribution >= 4 is 0 Å². The molecule has 0 bridgehead atoms. The van der Waals surface area contributed by atoms with Crippen molar-refractivity contribution in [1.82, 2.24) is 0 Å². The van der Waals surface area contributed by atoms with E-state index in [0.717, 1.165) is 24.4 Å². The SMILES string of the molecule is CCCCCCCC1CCC(COC2CCC(CCCCCCC)CC2)CC1. The van der Waals surface area contributed by atoms with Crippen LogP contribution in [0.1, 0.15) is 142 Å². The molecule has 2 saturated carbocycles. The van der Waals surface area contributed by atoms with Crippen LogP contribution < -0.4 is 0 Å². The molecule has 0 saturated heterocycles. The first-order chi connectivity index (χ1) is 13.8. The van der Waals surface area contributed by atoms with E-state index in [1.54, 1.807) is 0 Å². The molecular weight excluding hydrogens is 340 g/mol. The van der Waals surface area contributed by atoms with Gasteiger partial charge in [-0.2, -0.15) is 0 Å². The lowest BCUT2D eigenvalue weighted by atomic mass is 9.80. The van der Waals surface area contributed by atoms with Crippen LogP contribution in [0.15, 0.2) is 0 Å². The van der Waals surface area contributed by atoms with Gasteiger partial charge in [-0.15, -0.1) is 0 Å². The molecular formula is C27H52O. The van der Waals surface area contributed by atoms with Gasteiger partial charge in [-0.3, -0.25) is 0 Å². The fraction of sp³-hybridized carbons (Fsp3) is 1.00. The molecule has 2 aliphatic rings. The zero-order chi connectivity index (χ0) is 19.9. The highest BCUT2D eigenvalue weighted by Crippen LogP contribution is 2.34. The van der Waals surface area contributed by atoms with Gasteiger partial charge in [0, 0.05) is 6.61 Å². The van der Waals surface area contributed by atoms with Crippen LogP contribution >= 0.6 is 0 Å². The van der Waals surface area contributed by atoms with Crippen LogP contribution in [0, 0.1) is 17.8 Å². The van der Waals surface area contributed by atoms with E-state index in [2.05, 4.69) is 13.8 Å². The molecule has 0 radical (unpaired) electrons. The summed E-state index contributed by atoms with van der Waals surface area (Å²) < 4.78 is 6.39. The first-order valence-corrected chi connectivity index (χ1v) is 13.4. The first-order valence-electron chi connectivity index (χ1n) is 13.4. The Morgan fingerprint density at radius 2 is 0.929 bits per heavy atom. The summed E-state index contributed by atoms with van der Waals surface area (Å²) in [5, 5.41) is 0. The molecule has 1 heteroatoms. The van der Waals surface area contributed by atoms with Crippen molar-refractivity contribution in [2.45, 2.75) is 148 Å². The summed E-state index contributed by atoms with van der Waals surface area (Å²) in [6.45, 7) is 5.68. The normalized spacial score (nSPS) is 28.5. The Kier molecular flexibility index (Phi) is 13.6. The maximum absolute atomic E-state index is 6.39. The minimum atomic E-state index is 0.590. The van der Waals surface area contributed by atoms with Gasteiger partial charge < -0.3 is 4.74 Å². The highest BCUT2D eigenvalue weighted by atomic mass is 16.5. The third-order valence-corrected chi connectivity index (χ3v) is 7.76. The Labute approximate surface area is 177 Å². The molecule has 1 nitrogen and oxygen atoms in total. The average Bonchev–Trinajstić information content (AvgIpc) is 2.74. The van der Waals surface area contributed by atoms with Crippen molar-refractivity contribution in [3.63, 3.8) is 0 Å². The minimum absolute atomic E-state index is 0.590. The Balaban J connectivity index is 1.44. The molecule has 0 amide bonds. The number of hydrogen-bond donors (Lipinski definition) is 0. The maximum atomic E-state index is 6.39. The lowest BCUT2D eigenvalue weighted by Crippen LogP contribution is -2.26. The van der Waals surface area contributed by atoms with E-state index in [1.165, 1.54) is 128 Å². The summed E-state index contributed by atoms with van der Waals surface area (Å²) >= 11 is 0. The van der Waals surface area contributed by atoms with Gasteiger partial charge in [0.2, 0.25) is 0 Å². The quantitative estimate of drug-likeness (QED) is 0.252. The molecule has 0 heterocycles. The van der Waals surface area contributed by atoms with Crippen LogP contribution in [0.25, 0.3) is 0 Å². The molecule has 2 aliphatic carbocycles. The lowest BCUT2D eigenvalue weighted by molar-refractivity contribution is -0.0104. The van der Waals surface area contributed by atoms with E-state index in [4.69, 9.17) is 4.74 Å². The molecule has 0 spiro atoms. The summed E-state index contributed by atoms with van der Waals surface area (Å²) in [7, 11) is 0. The molecule has 166 valence electrons. The van der Waals surface area contributed by atoms with E-state index >= 15 is 0 Å². The van der Waals surface area contributed by atoms with Gasteiger partial charge in [0.15, 0.2) is 0 Å². The number of ether oxygens (including phenoxy) is 1. The Morgan fingerprint density at radius 1 is 0.500 bits per heavy atom. The number of hydrogen-bond acceptors (Lipinski definition) is 1. The maximum Gasteiger partial charge on any atom is 0.0575 e. The third-order valence-electron chi connectivity index (χ3n) is 7.76. The van der Waals surface area contributed by atoms with Gasteiger partial charge in [0.25, 0.3) is 0 Å². The zero-order valence-corrected chi connectivity index (χ0v) is 19.6. The van der Waals surface area contributed by atoms with Gasteiger partial charge in [-0.05, 0) is 56.3 Å². The predicted molar refractivity (Wildman–Crippen MR) is 124 cm³/mol. The summed E-state index contributed by atoms with van der Waals surface area (Å²) in [6, 6.07) is 0. The van der Waals surface area contributed by atoms with Gasteiger partial charge in [-0.1, -0.05) is 104 Å². The monoisotopic (exact) mass is 392 g/mol. The van der Waals surface area contributed by atoms with E-state index in [0.29, 0.717) is 6.10 Å². The molecule has 0 aromatic heterocycles. The van der Waals surface area contributed by atoms with Crippen LogP contribution in [-0.2, 0) is 4.74 Å². The largest absolute Gasteiger partial charge is 0.378 e. The summed E-state index contributed by atoms with van der Waals surface area (Å²) in [5.41, 5.74) is 0. The number of unbranched alkanes of at least 4 members (excludes halogenated alkanes) is 8. The fourth-order valence-corrected chi connectivity index (χ4v) is 5.62. The topological polar surface area (TPSA) is 9.23 Å². The van der Waals surface area contributed by atoms with Crippen molar-refractivity contribution in [1.29, 1.82) is 0 Å². The van der Waals surface area contributed by atoms with Crippen LogP contribution in [0.4, 0.5) is 0 Å². The van der Waals surface area contributed by atoms with Crippen molar-refractivity contribution in [3.05, 3.63) is 0 Å². The zero-order valence-electron chi connectivity index (χ0n) is 19.6. The average molecular weight is 393 g/mol. The summed E-state index contributed by atoms with van der Waals surface area (Å²) in [5.74, 6) is 2.91. The number of rotatable bonds is 15. The molecule has 0 unspecified atom stereocenters. The minimum Gasteiger partial charge on any atom is -0.378 e. The molecule has 0 aromatic carbocycles. The van der Waals surface area contributed by atoms with Crippen molar-refractivity contribution in [2.24, 2.45) is 17.8 Å². The Bertz CT molecular complexity index is 302.